The standard InChI is InChI=1S/C13H29N3O/c1-5-8-16(9-6-2)10-7-12(13(14)17)15-11(3)4/h11-12,15H,5-10H2,1-4H3,(H2,14,17). The molecule has 0 aliphatic rings. The maximum atomic E-state index is 11.3. The van der Waals surface area contributed by atoms with Crippen LogP contribution in [0.2, 0.25) is 0 Å². The number of nitrogens with one attached hydrogen (secondary N) is 1. The van der Waals surface area contributed by atoms with E-state index in [9.17, 15) is 4.79 Å². The number of hydrogen-bond donors (Lipinski definition) is 2. The molecule has 102 valence electrons. The van der Waals surface area contributed by atoms with Crippen molar-refractivity contribution in [3.05, 3.63) is 0 Å². The molecule has 1 atom stereocenters. The Balaban J connectivity index is 4.11. The predicted molar refractivity (Wildman–Crippen MR) is 72.9 cm³/mol. The summed E-state index contributed by atoms with van der Waals surface area (Å²) in [4.78, 5) is 13.7. The zero-order valence-electron chi connectivity index (χ0n) is 11.8. The molecule has 1 unspecified atom stereocenters. The lowest BCUT2D eigenvalue weighted by atomic mass is 10.1. The fourth-order valence-corrected chi connectivity index (χ4v) is 1.99. The summed E-state index contributed by atoms with van der Waals surface area (Å²) < 4.78 is 0. The zero-order valence-corrected chi connectivity index (χ0v) is 11.8. The molecular weight excluding hydrogens is 214 g/mol. The third-order valence-electron chi connectivity index (χ3n) is 2.69. The monoisotopic (exact) mass is 243 g/mol. The maximum absolute atomic E-state index is 11.3. The molecule has 0 aliphatic heterocycles. The first-order valence-electron chi connectivity index (χ1n) is 6.78. The molecule has 0 fully saturated rings. The summed E-state index contributed by atoms with van der Waals surface area (Å²) in [6.07, 6.45) is 3.10. The Kier molecular flexibility index (Phi) is 9.09. The average Bonchev–Trinajstić information content (AvgIpc) is 2.23. The van der Waals surface area contributed by atoms with Gasteiger partial charge in [0.25, 0.3) is 0 Å². The fourth-order valence-electron chi connectivity index (χ4n) is 1.99. The smallest absolute Gasteiger partial charge is 0.234 e. The van der Waals surface area contributed by atoms with Gasteiger partial charge in [-0.1, -0.05) is 27.7 Å². The largest absolute Gasteiger partial charge is 0.368 e. The first-order valence-corrected chi connectivity index (χ1v) is 6.78. The van der Waals surface area contributed by atoms with Gasteiger partial charge in [0.15, 0.2) is 0 Å². The highest BCUT2D eigenvalue weighted by Crippen LogP contribution is 2.00. The summed E-state index contributed by atoms with van der Waals surface area (Å²) in [6, 6.07) is 0.0875. The SMILES string of the molecule is CCCN(CCC)CCC(NC(C)C)C(N)=O. The molecule has 0 aromatic heterocycles. The van der Waals surface area contributed by atoms with Gasteiger partial charge in [0.05, 0.1) is 6.04 Å². The van der Waals surface area contributed by atoms with Crippen molar-refractivity contribution < 1.29 is 4.79 Å². The number of carbonyl (C=O) groups excluding carboxylic acids is 1. The van der Waals surface area contributed by atoms with Crippen LogP contribution in [0.3, 0.4) is 0 Å². The Hall–Kier alpha value is -0.610. The van der Waals surface area contributed by atoms with Crippen molar-refractivity contribution in [1.82, 2.24) is 10.2 Å². The highest BCUT2D eigenvalue weighted by molar-refractivity contribution is 5.79. The van der Waals surface area contributed by atoms with Gasteiger partial charge in [0, 0.05) is 12.6 Å². The third kappa shape index (κ3) is 8.16. The van der Waals surface area contributed by atoms with Gasteiger partial charge in [-0.15, -0.1) is 0 Å². The Morgan fingerprint density at radius 3 is 2.06 bits per heavy atom. The van der Waals surface area contributed by atoms with E-state index < -0.39 is 0 Å². The molecule has 0 heterocycles. The number of rotatable bonds is 10. The van der Waals surface area contributed by atoms with Crippen molar-refractivity contribution in [3.63, 3.8) is 0 Å². The van der Waals surface area contributed by atoms with E-state index >= 15 is 0 Å². The van der Waals surface area contributed by atoms with Gasteiger partial charge in [-0.25, -0.2) is 0 Å². The number of nitrogens with zero attached hydrogens (tertiary/aromatic N) is 1. The van der Waals surface area contributed by atoms with Gasteiger partial charge in [0.1, 0.15) is 0 Å². The average molecular weight is 243 g/mol. The Labute approximate surface area is 106 Å². The van der Waals surface area contributed by atoms with Gasteiger partial charge in [-0.05, 0) is 32.4 Å². The van der Waals surface area contributed by atoms with E-state index in [0.717, 1.165) is 38.9 Å². The molecule has 4 heteroatoms. The van der Waals surface area contributed by atoms with E-state index in [2.05, 4.69) is 24.1 Å². The van der Waals surface area contributed by atoms with Crippen LogP contribution in [0.25, 0.3) is 0 Å². The van der Waals surface area contributed by atoms with Crippen molar-refractivity contribution in [2.75, 3.05) is 19.6 Å². The molecule has 0 aromatic rings. The molecule has 1 amide bonds. The second kappa shape index (κ2) is 9.42. The predicted octanol–water partition coefficient (Wildman–Crippen LogP) is 1.35. The molecular formula is C13H29N3O. The van der Waals surface area contributed by atoms with E-state index in [4.69, 9.17) is 5.73 Å². The van der Waals surface area contributed by atoms with Crippen LogP contribution in [0.15, 0.2) is 0 Å². The van der Waals surface area contributed by atoms with Crippen LogP contribution in [0.4, 0.5) is 0 Å². The number of carbonyl (C=O) groups is 1. The molecule has 0 saturated heterocycles. The fraction of sp³-hybridized carbons (Fsp3) is 0.923. The van der Waals surface area contributed by atoms with Crippen LogP contribution >= 0.6 is 0 Å². The summed E-state index contributed by atoms with van der Waals surface area (Å²) in [6.45, 7) is 11.6. The molecule has 0 spiro atoms. The van der Waals surface area contributed by atoms with E-state index in [0.29, 0.717) is 6.04 Å². The summed E-state index contributed by atoms with van der Waals surface area (Å²) in [5, 5.41) is 3.22. The van der Waals surface area contributed by atoms with Crippen LogP contribution in [0.5, 0.6) is 0 Å². The highest BCUT2D eigenvalue weighted by atomic mass is 16.1. The van der Waals surface area contributed by atoms with Crippen LogP contribution in [-0.4, -0.2) is 42.5 Å². The molecule has 0 bridgehead atoms. The molecule has 17 heavy (non-hydrogen) atoms. The molecule has 3 N–H and O–H groups in total. The van der Waals surface area contributed by atoms with Gasteiger partial charge in [0.2, 0.25) is 5.91 Å². The van der Waals surface area contributed by atoms with Gasteiger partial charge in [-0.2, -0.15) is 0 Å². The van der Waals surface area contributed by atoms with Crippen molar-refractivity contribution >= 4 is 5.91 Å². The highest BCUT2D eigenvalue weighted by Gasteiger charge is 2.16. The normalized spacial score (nSPS) is 13.3. The summed E-state index contributed by atoms with van der Waals surface area (Å²) in [5.74, 6) is -0.244. The van der Waals surface area contributed by atoms with Crippen molar-refractivity contribution in [1.29, 1.82) is 0 Å². The molecule has 0 rings (SSSR count). The first-order chi connectivity index (χ1) is 8.01. The number of nitrogens with two attached hydrogens (primary N) is 1. The number of amides is 1. The van der Waals surface area contributed by atoms with Crippen molar-refractivity contribution in [3.8, 4) is 0 Å². The minimum absolute atomic E-state index is 0.203. The van der Waals surface area contributed by atoms with Crippen LogP contribution in [0, 0.1) is 0 Å². The summed E-state index contributed by atoms with van der Waals surface area (Å²) in [5.41, 5.74) is 5.40. The molecule has 0 radical (unpaired) electrons. The zero-order chi connectivity index (χ0) is 13.3. The van der Waals surface area contributed by atoms with Crippen LogP contribution < -0.4 is 11.1 Å². The third-order valence-corrected chi connectivity index (χ3v) is 2.69. The van der Waals surface area contributed by atoms with E-state index in [-0.39, 0.29) is 11.9 Å². The molecule has 4 nitrogen and oxygen atoms in total. The Morgan fingerprint density at radius 1 is 1.18 bits per heavy atom. The molecule has 0 aliphatic carbocycles. The lowest BCUT2D eigenvalue weighted by Crippen LogP contribution is -2.46. The summed E-state index contributed by atoms with van der Waals surface area (Å²) >= 11 is 0. The topological polar surface area (TPSA) is 58.4 Å². The lowest BCUT2D eigenvalue weighted by molar-refractivity contribution is -0.120. The quantitative estimate of drug-likeness (QED) is 0.609. The Morgan fingerprint density at radius 2 is 1.71 bits per heavy atom. The van der Waals surface area contributed by atoms with Crippen LogP contribution in [0.1, 0.15) is 47.0 Å². The van der Waals surface area contributed by atoms with Crippen LogP contribution in [-0.2, 0) is 4.79 Å². The minimum atomic E-state index is -0.244. The number of primary amides is 1. The second-order valence-corrected chi connectivity index (χ2v) is 4.91. The number of hydrogen-bond acceptors (Lipinski definition) is 3. The van der Waals surface area contributed by atoms with Crippen molar-refractivity contribution in [2.45, 2.75) is 59.0 Å². The second-order valence-electron chi connectivity index (χ2n) is 4.91. The minimum Gasteiger partial charge on any atom is -0.368 e. The molecule has 0 aromatic carbocycles. The van der Waals surface area contributed by atoms with E-state index in [1.54, 1.807) is 0 Å². The van der Waals surface area contributed by atoms with Gasteiger partial charge in [-0.3, -0.25) is 4.79 Å². The molecule has 0 saturated carbocycles. The summed E-state index contributed by atoms with van der Waals surface area (Å²) in [7, 11) is 0. The van der Waals surface area contributed by atoms with Crippen molar-refractivity contribution in [2.24, 2.45) is 5.73 Å². The van der Waals surface area contributed by atoms with Gasteiger partial charge >= 0.3 is 0 Å². The maximum Gasteiger partial charge on any atom is 0.234 e. The lowest BCUT2D eigenvalue weighted by Gasteiger charge is -2.24. The Bertz CT molecular complexity index is 201. The van der Waals surface area contributed by atoms with E-state index in [1.165, 1.54) is 0 Å². The first kappa shape index (κ1) is 16.4. The van der Waals surface area contributed by atoms with Gasteiger partial charge < -0.3 is 16.0 Å². The van der Waals surface area contributed by atoms with E-state index in [1.807, 2.05) is 13.8 Å².